The van der Waals surface area contributed by atoms with Crippen LogP contribution in [0.25, 0.3) is 0 Å². The Morgan fingerprint density at radius 3 is 3.09 bits per heavy atom. The van der Waals surface area contributed by atoms with Gasteiger partial charge in [0.15, 0.2) is 0 Å². The smallest absolute Gasteiger partial charge is 0.219 e. The molecule has 3 heteroatoms. The number of rotatable bonds is 0. The zero-order valence-corrected chi connectivity index (χ0v) is 6.63. The molecule has 0 bridgehead atoms. The molecule has 1 fully saturated rings. The number of amides is 1. The number of piperazine rings is 1. The third-order valence-corrected chi connectivity index (χ3v) is 1.82. The van der Waals surface area contributed by atoms with Crippen molar-refractivity contribution in [2.75, 3.05) is 19.6 Å². The molecule has 0 aromatic heterocycles. The lowest BCUT2D eigenvalue weighted by Crippen LogP contribution is -2.51. The maximum atomic E-state index is 10.9. The van der Waals surface area contributed by atoms with Gasteiger partial charge in [-0.2, -0.15) is 0 Å². The van der Waals surface area contributed by atoms with Gasteiger partial charge in [-0.3, -0.25) is 4.79 Å². The van der Waals surface area contributed by atoms with E-state index >= 15 is 0 Å². The predicted molar refractivity (Wildman–Crippen MR) is 42.9 cm³/mol. The van der Waals surface area contributed by atoms with Crippen LogP contribution in [-0.2, 0) is 4.79 Å². The van der Waals surface area contributed by atoms with E-state index in [1.54, 1.807) is 11.8 Å². The van der Waals surface area contributed by atoms with Crippen molar-refractivity contribution in [3.05, 3.63) is 0 Å². The lowest BCUT2D eigenvalue weighted by molar-refractivity contribution is -0.129. The Kier molecular flexibility index (Phi) is 2.50. The molecule has 0 aromatic rings. The van der Waals surface area contributed by atoms with Gasteiger partial charge in [0.1, 0.15) is 0 Å². The number of carbonyl (C=O) groups is 1. The largest absolute Gasteiger partial charge is 0.339 e. The van der Waals surface area contributed by atoms with E-state index in [2.05, 4.69) is 11.2 Å². The maximum absolute atomic E-state index is 10.9. The molecule has 1 heterocycles. The Bertz CT molecular complexity index is 195. The van der Waals surface area contributed by atoms with Crippen molar-refractivity contribution in [2.24, 2.45) is 0 Å². The maximum Gasteiger partial charge on any atom is 0.219 e. The first-order valence-corrected chi connectivity index (χ1v) is 3.69. The second kappa shape index (κ2) is 3.40. The van der Waals surface area contributed by atoms with Crippen LogP contribution in [0.15, 0.2) is 0 Å². The molecule has 1 atom stereocenters. The molecule has 11 heavy (non-hydrogen) atoms. The third-order valence-electron chi connectivity index (χ3n) is 1.82. The Morgan fingerprint density at radius 1 is 1.82 bits per heavy atom. The van der Waals surface area contributed by atoms with Crippen LogP contribution >= 0.6 is 0 Å². The van der Waals surface area contributed by atoms with Crippen LogP contribution in [0.1, 0.15) is 6.92 Å². The summed E-state index contributed by atoms with van der Waals surface area (Å²) in [6, 6.07) is 0.0349. The summed E-state index contributed by atoms with van der Waals surface area (Å²) >= 11 is 0. The monoisotopic (exact) mass is 152 g/mol. The fourth-order valence-corrected chi connectivity index (χ4v) is 1.15. The van der Waals surface area contributed by atoms with Gasteiger partial charge in [-0.15, -0.1) is 6.42 Å². The van der Waals surface area contributed by atoms with Crippen LogP contribution in [0.3, 0.4) is 0 Å². The number of hydrogen-bond acceptors (Lipinski definition) is 2. The standard InChI is InChI=1S/C8H12N2O/c1-3-8-6-10(7(2)11)5-4-9-8/h1,8-9H,4-6H2,2H3/t8-/m1/s1. The Morgan fingerprint density at radius 2 is 2.55 bits per heavy atom. The number of carbonyl (C=O) groups excluding carboxylic acids is 1. The fraction of sp³-hybridized carbons (Fsp3) is 0.625. The minimum atomic E-state index is 0.0349. The van der Waals surface area contributed by atoms with Crippen LogP contribution in [0.5, 0.6) is 0 Å². The van der Waals surface area contributed by atoms with E-state index in [0.29, 0.717) is 6.54 Å². The molecule has 0 unspecified atom stereocenters. The van der Waals surface area contributed by atoms with Gasteiger partial charge in [-0.05, 0) is 0 Å². The third kappa shape index (κ3) is 1.95. The molecule has 0 saturated carbocycles. The van der Waals surface area contributed by atoms with Gasteiger partial charge in [0, 0.05) is 26.6 Å². The van der Waals surface area contributed by atoms with E-state index in [0.717, 1.165) is 13.1 Å². The summed E-state index contributed by atoms with van der Waals surface area (Å²) in [7, 11) is 0. The van der Waals surface area contributed by atoms with E-state index in [4.69, 9.17) is 6.42 Å². The van der Waals surface area contributed by atoms with E-state index in [1.165, 1.54) is 0 Å². The van der Waals surface area contributed by atoms with Crippen LogP contribution in [-0.4, -0.2) is 36.5 Å². The highest BCUT2D eigenvalue weighted by atomic mass is 16.2. The van der Waals surface area contributed by atoms with E-state index < -0.39 is 0 Å². The molecule has 60 valence electrons. The van der Waals surface area contributed by atoms with Crippen molar-refractivity contribution in [1.82, 2.24) is 10.2 Å². The average molecular weight is 152 g/mol. The van der Waals surface area contributed by atoms with Gasteiger partial charge >= 0.3 is 0 Å². The molecule has 0 aromatic carbocycles. The van der Waals surface area contributed by atoms with Crippen molar-refractivity contribution >= 4 is 5.91 Å². The molecule has 3 nitrogen and oxygen atoms in total. The lowest BCUT2D eigenvalue weighted by Gasteiger charge is -2.30. The minimum absolute atomic E-state index is 0.0349. The van der Waals surface area contributed by atoms with Gasteiger partial charge in [0.2, 0.25) is 5.91 Å². The van der Waals surface area contributed by atoms with Crippen LogP contribution in [0, 0.1) is 12.3 Å². The summed E-state index contributed by atoms with van der Waals surface area (Å²) in [6.07, 6.45) is 5.22. The fourth-order valence-electron chi connectivity index (χ4n) is 1.15. The first-order valence-electron chi connectivity index (χ1n) is 3.69. The van der Waals surface area contributed by atoms with Gasteiger partial charge in [-0.1, -0.05) is 5.92 Å². The average Bonchev–Trinajstić information content (AvgIpc) is 2.05. The van der Waals surface area contributed by atoms with Crippen molar-refractivity contribution in [2.45, 2.75) is 13.0 Å². The lowest BCUT2D eigenvalue weighted by atomic mass is 10.2. The summed E-state index contributed by atoms with van der Waals surface area (Å²) in [4.78, 5) is 12.7. The van der Waals surface area contributed by atoms with Gasteiger partial charge in [0.05, 0.1) is 6.04 Å². The predicted octanol–water partition coefficient (Wildman–Crippen LogP) is -0.560. The van der Waals surface area contributed by atoms with Gasteiger partial charge in [0.25, 0.3) is 0 Å². The topological polar surface area (TPSA) is 32.3 Å². The molecular formula is C8H12N2O. The summed E-state index contributed by atoms with van der Waals surface area (Å²) in [6.45, 7) is 3.78. The number of terminal acetylenes is 1. The first kappa shape index (κ1) is 8.09. The molecule has 0 aliphatic carbocycles. The molecular weight excluding hydrogens is 140 g/mol. The highest BCUT2D eigenvalue weighted by Crippen LogP contribution is 1.97. The van der Waals surface area contributed by atoms with E-state index in [1.807, 2.05) is 0 Å². The van der Waals surface area contributed by atoms with Gasteiger partial charge < -0.3 is 10.2 Å². The molecule has 0 radical (unpaired) electrons. The summed E-state index contributed by atoms with van der Waals surface area (Å²) in [5.74, 6) is 2.69. The summed E-state index contributed by atoms with van der Waals surface area (Å²) < 4.78 is 0. The molecule has 1 saturated heterocycles. The Labute approximate surface area is 66.8 Å². The normalized spacial score (nSPS) is 24.4. The molecule has 1 rings (SSSR count). The first-order chi connectivity index (χ1) is 5.24. The Hall–Kier alpha value is -1.01. The molecule has 0 spiro atoms. The zero-order chi connectivity index (χ0) is 8.27. The van der Waals surface area contributed by atoms with E-state index in [-0.39, 0.29) is 11.9 Å². The highest BCUT2D eigenvalue weighted by Gasteiger charge is 2.18. The SMILES string of the molecule is C#C[C@@H]1CN(C(C)=O)CCN1. The number of nitrogens with one attached hydrogen (secondary N) is 1. The van der Waals surface area contributed by atoms with Crippen molar-refractivity contribution in [3.8, 4) is 12.3 Å². The minimum Gasteiger partial charge on any atom is -0.339 e. The van der Waals surface area contributed by atoms with Crippen molar-refractivity contribution in [3.63, 3.8) is 0 Å². The molecule has 1 N–H and O–H groups in total. The molecule has 1 aliphatic heterocycles. The summed E-state index contributed by atoms with van der Waals surface area (Å²) in [5, 5.41) is 3.12. The Balaban J connectivity index is 2.47. The highest BCUT2D eigenvalue weighted by molar-refractivity contribution is 5.73. The van der Waals surface area contributed by atoms with Crippen LogP contribution in [0.2, 0.25) is 0 Å². The summed E-state index contributed by atoms with van der Waals surface area (Å²) in [5.41, 5.74) is 0. The van der Waals surface area contributed by atoms with Gasteiger partial charge in [-0.25, -0.2) is 0 Å². The van der Waals surface area contributed by atoms with E-state index in [9.17, 15) is 4.79 Å². The molecule has 1 aliphatic rings. The quantitative estimate of drug-likeness (QED) is 0.472. The van der Waals surface area contributed by atoms with Crippen molar-refractivity contribution in [1.29, 1.82) is 0 Å². The van der Waals surface area contributed by atoms with Crippen LogP contribution < -0.4 is 5.32 Å². The second-order valence-corrected chi connectivity index (χ2v) is 2.64. The van der Waals surface area contributed by atoms with Crippen molar-refractivity contribution < 1.29 is 4.79 Å². The molecule has 1 amide bonds. The number of hydrogen-bond donors (Lipinski definition) is 1. The van der Waals surface area contributed by atoms with Crippen LogP contribution in [0.4, 0.5) is 0 Å². The second-order valence-electron chi connectivity index (χ2n) is 2.64. The zero-order valence-electron chi connectivity index (χ0n) is 6.63. The number of nitrogens with zero attached hydrogens (tertiary/aromatic N) is 1.